The second-order valence-electron chi connectivity index (χ2n) is 6.72. The zero-order chi connectivity index (χ0) is 25.3. The first kappa shape index (κ1) is 25.8. The molecule has 11 heteroatoms. The zero-order valence-corrected chi connectivity index (χ0v) is 19.5. The van der Waals surface area contributed by atoms with E-state index in [-0.39, 0.29) is 0 Å². The number of carboxylic acid groups (broad SMARTS) is 2. The molecular weight excluding hydrogens is 446 g/mol. The third-order valence-corrected chi connectivity index (χ3v) is 4.76. The Labute approximate surface area is 196 Å². The Bertz CT molecular complexity index is 1130. The fourth-order valence-electron chi connectivity index (χ4n) is 3.10. The van der Waals surface area contributed by atoms with E-state index < -0.39 is 11.9 Å². The van der Waals surface area contributed by atoms with E-state index in [9.17, 15) is 0 Å². The van der Waals surface area contributed by atoms with Gasteiger partial charge in [-0.25, -0.2) is 14.6 Å². The summed E-state index contributed by atoms with van der Waals surface area (Å²) in [5.41, 5.74) is 2.96. The molecule has 3 aromatic rings. The second kappa shape index (κ2) is 12.0. The Hall–Kier alpha value is -4.41. The van der Waals surface area contributed by atoms with E-state index in [1.54, 1.807) is 28.4 Å². The maximum Gasteiger partial charge on any atom is 0.414 e. The first-order valence-corrected chi connectivity index (χ1v) is 9.91. The van der Waals surface area contributed by atoms with Crippen molar-refractivity contribution in [3.63, 3.8) is 0 Å². The molecule has 0 aliphatic rings. The summed E-state index contributed by atoms with van der Waals surface area (Å²) in [5, 5.41) is 18.1. The minimum absolute atomic E-state index is 0.520. The lowest BCUT2D eigenvalue weighted by atomic mass is 10.1. The van der Waals surface area contributed by atoms with Gasteiger partial charge in [0.25, 0.3) is 0 Å². The maximum absolute atomic E-state index is 9.10. The summed E-state index contributed by atoms with van der Waals surface area (Å²) in [6.45, 7) is 0.520. The molecule has 0 fully saturated rings. The number of methoxy groups -OCH3 is 4. The van der Waals surface area contributed by atoms with Gasteiger partial charge in [-0.3, -0.25) is 0 Å². The van der Waals surface area contributed by atoms with E-state index in [0.717, 1.165) is 28.5 Å². The largest absolute Gasteiger partial charge is 0.497 e. The molecule has 0 atom stereocenters. The number of nitrogens with one attached hydrogen (secondary N) is 1. The third-order valence-electron chi connectivity index (χ3n) is 4.76. The maximum atomic E-state index is 9.10. The van der Waals surface area contributed by atoms with Gasteiger partial charge in [-0.1, -0.05) is 12.1 Å². The lowest BCUT2D eigenvalue weighted by Gasteiger charge is -2.16. The normalized spacial score (nSPS) is 9.91. The Kier molecular flexibility index (Phi) is 9.12. The van der Waals surface area contributed by atoms with Crippen molar-refractivity contribution in [1.82, 2.24) is 9.55 Å². The smallest absolute Gasteiger partial charge is 0.414 e. The number of nitrogens with zero attached hydrogens (tertiary/aromatic N) is 2. The summed E-state index contributed by atoms with van der Waals surface area (Å²) >= 11 is 0. The molecule has 2 aromatic carbocycles. The summed E-state index contributed by atoms with van der Waals surface area (Å²) in [4.78, 5) is 22.7. The summed E-state index contributed by atoms with van der Waals surface area (Å²) < 4.78 is 23.6. The van der Waals surface area contributed by atoms with E-state index in [2.05, 4.69) is 10.3 Å². The van der Waals surface area contributed by atoms with Crippen LogP contribution in [0.3, 0.4) is 0 Å². The number of benzene rings is 2. The van der Waals surface area contributed by atoms with Crippen LogP contribution in [0.1, 0.15) is 5.56 Å². The second-order valence-corrected chi connectivity index (χ2v) is 6.72. The number of aromatic nitrogens is 2. The fourth-order valence-corrected chi connectivity index (χ4v) is 3.10. The van der Waals surface area contributed by atoms with E-state index in [1.165, 1.54) is 0 Å². The highest BCUT2D eigenvalue weighted by atomic mass is 16.5. The minimum atomic E-state index is -1.82. The number of hydrogen-bond donors (Lipinski definition) is 3. The highest BCUT2D eigenvalue weighted by Gasteiger charge is 2.16. The predicted molar refractivity (Wildman–Crippen MR) is 124 cm³/mol. The molecule has 0 unspecified atom stereocenters. The molecule has 0 radical (unpaired) electrons. The van der Waals surface area contributed by atoms with Gasteiger partial charge in [0.05, 0.1) is 40.3 Å². The van der Waals surface area contributed by atoms with Gasteiger partial charge in [-0.15, -0.1) is 0 Å². The van der Waals surface area contributed by atoms with Crippen molar-refractivity contribution in [1.29, 1.82) is 0 Å². The van der Waals surface area contributed by atoms with Gasteiger partial charge in [0.1, 0.15) is 5.75 Å². The van der Waals surface area contributed by atoms with Crippen molar-refractivity contribution < 1.29 is 38.7 Å². The molecule has 0 aliphatic carbocycles. The Morgan fingerprint density at radius 3 is 2.18 bits per heavy atom. The van der Waals surface area contributed by atoms with E-state index in [4.69, 9.17) is 38.7 Å². The van der Waals surface area contributed by atoms with Gasteiger partial charge in [0.2, 0.25) is 11.7 Å². The van der Waals surface area contributed by atoms with Crippen LogP contribution < -0.4 is 24.3 Å². The molecule has 3 rings (SSSR count). The minimum Gasteiger partial charge on any atom is -0.497 e. The van der Waals surface area contributed by atoms with Crippen LogP contribution in [0, 0.1) is 0 Å². The van der Waals surface area contributed by atoms with E-state index in [1.807, 2.05) is 54.2 Å². The molecule has 0 bridgehead atoms. The topological polar surface area (TPSA) is 141 Å². The van der Waals surface area contributed by atoms with Crippen LogP contribution in [0.4, 0.5) is 5.95 Å². The van der Waals surface area contributed by atoms with E-state index in [0.29, 0.717) is 23.8 Å². The molecule has 0 amide bonds. The number of ether oxygens (including phenoxy) is 4. The fraction of sp³-hybridized carbons (Fsp3) is 0.261. The number of imidazole rings is 1. The first-order valence-electron chi connectivity index (χ1n) is 9.91. The number of rotatable bonds is 8. The number of carbonyl (C=O) groups is 2. The average molecular weight is 473 g/mol. The van der Waals surface area contributed by atoms with Crippen LogP contribution in [0.15, 0.2) is 42.6 Å². The van der Waals surface area contributed by atoms with Crippen molar-refractivity contribution in [3.8, 4) is 34.3 Å². The van der Waals surface area contributed by atoms with Crippen LogP contribution in [-0.2, 0) is 23.2 Å². The highest BCUT2D eigenvalue weighted by Crippen LogP contribution is 2.40. The summed E-state index contributed by atoms with van der Waals surface area (Å²) in [5.74, 6) is -0.263. The van der Waals surface area contributed by atoms with Crippen molar-refractivity contribution in [2.24, 2.45) is 7.05 Å². The van der Waals surface area contributed by atoms with Crippen LogP contribution in [0.25, 0.3) is 11.3 Å². The zero-order valence-electron chi connectivity index (χ0n) is 19.5. The third kappa shape index (κ3) is 6.09. The van der Waals surface area contributed by atoms with Crippen molar-refractivity contribution in [2.45, 2.75) is 6.54 Å². The van der Waals surface area contributed by atoms with Crippen LogP contribution in [0.5, 0.6) is 23.0 Å². The SMILES string of the molecule is COc1cccc(-c2cnc(NCc3ccc(OC)c(OC)c3OC)n2C)c1.O=C(O)C(=O)O. The quantitative estimate of drug-likeness (QED) is 0.418. The van der Waals surface area contributed by atoms with Gasteiger partial charge >= 0.3 is 11.9 Å². The van der Waals surface area contributed by atoms with Gasteiger partial charge in [-0.05, 0) is 24.3 Å². The number of hydrogen-bond acceptors (Lipinski definition) is 8. The van der Waals surface area contributed by atoms with E-state index >= 15 is 0 Å². The molecule has 34 heavy (non-hydrogen) atoms. The summed E-state index contributed by atoms with van der Waals surface area (Å²) in [6.07, 6.45) is 1.84. The van der Waals surface area contributed by atoms with Crippen LogP contribution in [0.2, 0.25) is 0 Å². The molecule has 1 aromatic heterocycles. The molecule has 0 spiro atoms. The number of aliphatic carboxylic acids is 2. The van der Waals surface area contributed by atoms with Gasteiger partial charge in [-0.2, -0.15) is 0 Å². The molecule has 11 nitrogen and oxygen atoms in total. The molecule has 182 valence electrons. The average Bonchev–Trinajstić information content (AvgIpc) is 3.22. The highest BCUT2D eigenvalue weighted by molar-refractivity contribution is 6.27. The van der Waals surface area contributed by atoms with Crippen molar-refractivity contribution in [3.05, 3.63) is 48.2 Å². The standard InChI is InChI=1S/C21H25N3O4.C2H2O4/c1-24-17(14-7-6-8-16(11-14)25-2)13-23-21(24)22-12-15-9-10-18(26-3)20(28-5)19(15)27-4;3-1(4)2(5)6/h6-11,13H,12H2,1-5H3,(H,22,23);(H,3,4)(H,5,6). The molecule has 3 N–H and O–H groups in total. The lowest BCUT2D eigenvalue weighted by molar-refractivity contribution is -0.159. The van der Waals surface area contributed by atoms with Crippen LogP contribution >= 0.6 is 0 Å². The number of anilines is 1. The lowest BCUT2D eigenvalue weighted by Crippen LogP contribution is -2.09. The Balaban J connectivity index is 0.000000604. The molecule has 0 aliphatic heterocycles. The monoisotopic (exact) mass is 473 g/mol. The Morgan fingerprint density at radius 2 is 1.62 bits per heavy atom. The summed E-state index contributed by atoms with van der Waals surface area (Å²) in [7, 11) is 8.43. The molecular formula is C23H27N3O8. The first-order chi connectivity index (χ1) is 16.3. The summed E-state index contributed by atoms with van der Waals surface area (Å²) in [6, 6.07) is 11.7. The molecule has 0 saturated carbocycles. The van der Waals surface area contributed by atoms with Gasteiger partial charge in [0, 0.05) is 24.7 Å². The van der Waals surface area contributed by atoms with Crippen molar-refractivity contribution >= 4 is 17.9 Å². The van der Waals surface area contributed by atoms with Crippen LogP contribution in [-0.4, -0.2) is 60.1 Å². The molecule has 0 saturated heterocycles. The van der Waals surface area contributed by atoms with Gasteiger partial charge in [0.15, 0.2) is 11.5 Å². The number of carboxylic acids is 2. The Morgan fingerprint density at radius 1 is 0.941 bits per heavy atom. The van der Waals surface area contributed by atoms with Crippen molar-refractivity contribution in [2.75, 3.05) is 33.8 Å². The molecule has 1 heterocycles. The predicted octanol–water partition coefficient (Wildman–Crippen LogP) is 2.89. The van der Waals surface area contributed by atoms with Gasteiger partial charge < -0.3 is 39.0 Å².